The van der Waals surface area contributed by atoms with Crippen LogP contribution in [0.15, 0.2) is 24.3 Å². The molecule has 112 valence electrons. The van der Waals surface area contributed by atoms with Gasteiger partial charge < -0.3 is 21.1 Å². The number of anilines is 1. The number of carboxylic acids is 1. The molecule has 0 bridgehead atoms. The zero-order valence-electron chi connectivity index (χ0n) is 11.4. The van der Waals surface area contributed by atoms with Gasteiger partial charge >= 0.3 is 12.0 Å². The zero-order chi connectivity index (χ0) is 15.2. The predicted octanol–water partition coefficient (Wildman–Crippen LogP) is 1.03. The molecular formula is C14H17N3O4. The van der Waals surface area contributed by atoms with Gasteiger partial charge in [0.25, 0.3) is 0 Å². The van der Waals surface area contributed by atoms with Crippen molar-refractivity contribution in [2.75, 3.05) is 18.4 Å². The van der Waals surface area contributed by atoms with E-state index in [1.165, 1.54) is 24.3 Å². The van der Waals surface area contributed by atoms with E-state index in [4.69, 9.17) is 5.11 Å². The van der Waals surface area contributed by atoms with E-state index in [9.17, 15) is 14.4 Å². The Kier molecular flexibility index (Phi) is 4.76. The van der Waals surface area contributed by atoms with Crippen molar-refractivity contribution >= 4 is 23.6 Å². The third-order valence-corrected chi connectivity index (χ3v) is 3.05. The summed E-state index contributed by atoms with van der Waals surface area (Å²) in [5.74, 6) is -0.814. The lowest BCUT2D eigenvalue weighted by atomic mass is 10.2. The molecule has 1 aromatic carbocycles. The van der Waals surface area contributed by atoms with Crippen LogP contribution in [0.2, 0.25) is 0 Å². The monoisotopic (exact) mass is 291 g/mol. The molecule has 0 aliphatic heterocycles. The summed E-state index contributed by atoms with van der Waals surface area (Å²) in [4.78, 5) is 33.6. The fourth-order valence-electron chi connectivity index (χ4n) is 1.72. The van der Waals surface area contributed by atoms with Gasteiger partial charge in [-0.2, -0.15) is 0 Å². The summed E-state index contributed by atoms with van der Waals surface area (Å²) < 4.78 is 0. The summed E-state index contributed by atoms with van der Waals surface area (Å²) in [5.41, 5.74) is 0.656. The van der Waals surface area contributed by atoms with E-state index in [-0.39, 0.29) is 17.4 Å². The number of aromatic carboxylic acids is 1. The van der Waals surface area contributed by atoms with Crippen LogP contribution in [0.1, 0.15) is 23.2 Å². The van der Waals surface area contributed by atoms with Crippen molar-refractivity contribution in [2.24, 2.45) is 5.92 Å². The summed E-state index contributed by atoms with van der Waals surface area (Å²) in [7, 11) is 0. The second-order valence-corrected chi connectivity index (χ2v) is 4.83. The van der Waals surface area contributed by atoms with Gasteiger partial charge in [-0.25, -0.2) is 9.59 Å². The molecule has 1 fully saturated rings. The average molecular weight is 291 g/mol. The van der Waals surface area contributed by atoms with Gasteiger partial charge in [-0.1, -0.05) is 0 Å². The van der Waals surface area contributed by atoms with E-state index >= 15 is 0 Å². The summed E-state index contributed by atoms with van der Waals surface area (Å²) >= 11 is 0. The van der Waals surface area contributed by atoms with Crippen molar-refractivity contribution in [2.45, 2.75) is 12.8 Å². The minimum absolute atomic E-state index is 0.0430. The highest BCUT2D eigenvalue weighted by Gasteiger charge is 2.28. The quantitative estimate of drug-likeness (QED) is 0.587. The standard InChI is InChI=1S/C14H17N3O4/c18-12(9-1-2-9)15-7-8-16-14(21)17-11-5-3-10(4-6-11)13(19)20/h3-6,9H,1-2,7-8H2,(H,15,18)(H,19,20)(H2,16,17,21). The maximum atomic E-state index is 11.6. The first-order valence-electron chi connectivity index (χ1n) is 6.72. The van der Waals surface area contributed by atoms with E-state index in [1.807, 2.05) is 0 Å². The van der Waals surface area contributed by atoms with Gasteiger partial charge in [0.15, 0.2) is 0 Å². The van der Waals surface area contributed by atoms with Crippen molar-refractivity contribution in [3.05, 3.63) is 29.8 Å². The Hall–Kier alpha value is -2.57. The molecule has 4 N–H and O–H groups in total. The number of carbonyl (C=O) groups excluding carboxylic acids is 2. The van der Waals surface area contributed by atoms with Crippen molar-refractivity contribution in [1.82, 2.24) is 10.6 Å². The van der Waals surface area contributed by atoms with Crippen LogP contribution in [-0.4, -0.2) is 36.1 Å². The minimum atomic E-state index is -1.02. The number of benzene rings is 1. The van der Waals surface area contributed by atoms with E-state index < -0.39 is 12.0 Å². The minimum Gasteiger partial charge on any atom is -0.478 e. The third-order valence-electron chi connectivity index (χ3n) is 3.05. The highest BCUT2D eigenvalue weighted by molar-refractivity contribution is 5.91. The first kappa shape index (κ1) is 14.8. The fraction of sp³-hybridized carbons (Fsp3) is 0.357. The van der Waals surface area contributed by atoms with Gasteiger partial charge in [0.05, 0.1) is 5.56 Å². The molecule has 3 amide bonds. The molecular weight excluding hydrogens is 274 g/mol. The Bertz CT molecular complexity index is 538. The fourth-order valence-corrected chi connectivity index (χ4v) is 1.72. The molecule has 1 aliphatic carbocycles. The summed E-state index contributed by atoms with van der Waals surface area (Å²) in [5, 5.41) is 16.7. The van der Waals surface area contributed by atoms with E-state index in [2.05, 4.69) is 16.0 Å². The topological polar surface area (TPSA) is 108 Å². The maximum Gasteiger partial charge on any atom is 0.335 e. The summed E-state index contributed by atoms with van der Waals surface area (Å²) in [6, 6.07) is 5.44. The van der Waals surface area contributed by atoms with Crippen LogP contribution in [0.3, 0.4) is 0 Å². The highest BCUT2D eigenvalue weighted by atomic mass is 16.4. The molecule has 1 aromatic rings. The van der Waals surface area contributed by atoms with Crippen LogP contribution in [0, 0.1) is 5.92 Å². The Morgan fingerprint density at radius 1 is 1.05 bits per heavy atom. The lowest BCUT2D eigenvalue weighted by molar-refractivity contribution is -0.122. The zero-order valence-corrected chi connectivity index (χ0v) is 11.4. The van der Waals surface area contributed by atoms with Gasteiger partial charge in [0, 0.05) is 24.7 Å². The number of nitrogens with one attached hydrogen (secondary N) is 3. The Balaban J connectivity index is 1.66. The van der Waals surface area contributed by atoms with E-state index in [0.29, 0.717) is 18.8 Å². The molecule has 0 aromatic heterocycles. The van der Waals surface area contributed by atoms with Gasteiger partial charge in [-0.3, -0.25) is 4.79 Å². The average Bonchev–Trinajstić information content (AvgIpc) is 3.28. The molecule has 7 nitrogen and oxygen atoms in total. The summed E-state index contributed by atoms with van der Waals surface area (Å²) in [6.45, 7) is 0.720. The normalized spacial score (nSPS) is 13.3. The molecule has 0 saturated heterocycles. The Morgan fingerprint density at radius 3 is 2.24 bits per heavy atom. The van der Waals surface area contributed by atoms with Crippen molar-refractivity contribution in [3.8, 4) is 0 Å². The predicted molar refractivity (Wildman–Crippen MR) is 76.2 cm³/mol. The van der Waals surface area contributed by atoms with Crippen LogP contribution in [-0.2, 0) is 4.79 Å². The number of amides is 3. The smallest absolute Gasteiger partial charge is 0.335 e. The molecule has 0 radical (unpaired) electrons. The van der Waals surface area contributed by atoms with Crippen LogP contribution in [0.25, 0.3) is 0 Å². The van der Waals surface area contributed by atoms with Crippen molar-refractivity contribution < 1.29 is 19.5 Å². The molecule has 2 rings (SSSR count). The van der Waals surface area contributed by atoms with Gasteiger partial charge in [0.1, 0.15) is 0 Å². The SMILES string of the molecule is O=C(NCCNC(=O)C1CC1)Nc1ccc(C(=O)O)cc1. The maximum absolute atomic E-state index is 11.6. The van der Waals surface area contributed by atoms with Crippen molar-refractivity contribution in [3.63, 3.8) is 0 Å². The number of hydrogen-bond donors (Lipinski definition) is 4. The number of urea groups is 1. The lowest BCUT2D eigenvalue weighted by Gasteiger charge is -2.08. The molecule has 0 heterocycles. The second-order valence-electron chi connectivity index (χ2n) is 4.83. The molecule has 21 heavy (non-hydrogen) atoms. The molecule has 1 aliphatic rings. The van der Waals surface area contributed by atoms with Crippen LogP contribution >= 0.6 is 0 Å². The first-order valence-corrected chi connectivity index (χ1v) is 6.72. The Morgan fingerprint density at radius 2 is 1.67 bits per heavy atom. The molecule has 7 heteroatoms. The molecule has 1 saturated carbocycles. The lowest BCUT2D eigenvalue weighted by Crippen LogP contribution is -2.37. The number of carboxylic acid groups (broad SMARTS) is 1. The molecule has 0 unspecified atom stereocenters. The van der Waals surface area contributed by atoms with Gasteiger partial charge in [0.2, 0.25) is 5.91 Å². The Labute approximate surface area is 121 Å². The van der Waals surface area contributed by atoms with Gasteiger partial charge in [-0.15, -0.1) is 0 Å². The summed E-state index contributed by atoms with van der Waals surface area (Å²) in [6.07, 6.45) is 1.90. The number of rotatable bonds is 6. The largest absolute Gasteiger partial charge is 0.478 e. The van der Waals surface area contributed by atoms with Crippen LogP contribution in [0.4, 0.5) is 10.5 Å². The highest BCUT2D eigenvalue weighted by Crippen LogP contribution is 2.28. The van der Waals surface area contributed by atoms with Crippen LogP contribution in [0.5, 0.6) is 0 Å². The van der Waals surface area contributed by atoms with Crippen LogP contribution < -0.4 is 16.0 Å². The van der Waals surface area contributed by atoms with E-state index in [1.54, 1.807) is 0 Å². The van der Waals surface area contributed by atoms with E-state index in [0.717, 1.165) is 12.8 Å². The first-order chi connectivity index (χ1) is 10.1. The number of carbonyl (C=O) groups is 3. The second kappa shape index (κ2) is 6.74. The van der Waals surface area contributed by atoms with Gasteiger partial charge in [-0.05, 0) is 37.1 Å². The van der Waals surface area contributed by atoms with Crippen molar-refractivity contribution in [1.29, 1.82) is 0 Å². The molecule has 0 spiro atoms. The molecule has 0 atom stereocenters. The number of hydrogen-bond acceptors (Lipinski definition) is 3. The third kappa shape index (κ3) is 4.79.